The lowest BCUT2D eigenvalue weighted by atomic mass is 9.92. The number of carbonyl (C=O) groups excluding carboxylic acids is 1. The lowest BCUT2D eigenvalue weighted by molar-refractivity contribution is -0.117. The number of hydrogen-bond donors (Lipinski definition) is 2. The van der Waals surface area contributed by atoms with Crippen molar-refractivity contribution in [3.05, 3.63) is 11.8 Å². The molecule has 0 aromatic carbocycles. The van der Waals surface area contributed by atoms with E-state index in [2.05, 4.69) is 29.4 Å². The van der Waals surface area contributed by atoms with Crippen LogP contribution in [0.5, 0.6) is 0 Å². The molecule has 1 rings (SSSR count). The lowest BCUT2D eigenvalue weighted by Crippen LogP contribution is -2.19. The second-order valence-corrected chi connectivity index (χ2v) is 5.65. The molecule has 0 bridgehead atoms. The first-order chi connectivity index (χ1) is 7.28. The summed E-state index contributed by atoms with van der Waals surface area (Å²) in [6.07, 6.45) is 0.503. The monoisotopic (exact) mass is 223 g/mol. The minimum atomic E-state index is 0.00494. The normalized spacial score (nSPS) is 11.9. The number of rotatable bonds is 3. The summed E-state index contributed by atoms with van der Waals surface area (Å²) in [6, 6.07) is 1.88. The van der Waals surface area contributed by atoms with E-state index in [1.165, 1.54) is 0 Å². The van der Waals surface area contributed by atoms with E-state index in [1.807, 2.05) is 26.8 Å². The van der Waals surface area contributed by atoms with Gasteiger partial charge in [-0.15, -0.1) is 0 Å². The molecule has 1 amide bonds. The standard InChI is InChI=1S/C12H21N3O/c1-8(2)9-6-10(15-14-9)13-11(16)7-12(3,4)5/h6,8H,7H2,1-5H3,(H2,13,14,15,16). The van der Waals surface area contributed by atoms with Gasteiger partial charge in [0.05, 0.1) is 5.69 Å². The van der Waals surface area contributed by atoms with Crippen LogP contribution in [0.3, 0.4) is 0 Å². The van der Waals surface area contributed by atoms with Crippen molar-refractivity contribution in [2.45, 2.75) is 47.0 Å². The highest BCUT2D eigenvalue weighted by molar-refractivity contribution is 5.90. The Hall–Kier alpha value is -1.32. The van der Waals surface area contributed by atoms with Gasteiger partial charge in [0.1, 0.15) is 5.82 Å². The summed E-state index contributed by atoms with van der Waals surface area (Å²) in [5.74, 6) is 1.06. The molecule has 4 nitrogen and oxygen atoms in total. The first kappa shape index (κ1) is 12.7. The summed E-state index contributed by atoms with van der Waals surface area (Å²) in [4.78, 5) is 11.6. The van der Waals surface area contributed by atoms with E-state index >= 15 is 0 Å². The Bertz CT molecular complexity index is 361. The van der Waals surface area contributed by atoms with Gasteiger partial charge in [0.2, 0.25) is 5.91 Å². The van der Waals surface area contributed by atoms with Gasteiger partial charge in [0, 0.05) is 12.5 Å². The number of aromatic amines is 1. The first-order valence-electron chi connectivity index (χ1n) is 5.63. The highest BCUT2D eigenvalue weighted by Gasteiger charge is 2.16. The van der Waals surface area contributed by atoms with Crippen LogP contribution in [0.15, 0.2) is 6.07 Å². The zero-order valence-electron chi connectivity index (χ0n) is 10.7. The lowest BCUT2D eigenvalue weighted by Gasteiger charge is -2.16. The Morgan fingerprint density at radius 2 is 2.12 bits per heavy atom. The van der Waals surface area contributed by atoms with E-state index < -0.39 is 0 Å². The van der Waals surface area contributed by atoms with Crippen LogP contribution in [0.1, 0.15) is 52.7 Å². The highest BCUT2D eigenvalue weighted by Crippen LogP contribution is 2.20. The fourth-order valence-corrected chi connectivity index (χ4v) is 1.37. The number of aromatic nitrogens is 2. The van der Waals surface area contributed by atoms with E-state index in [0.717, 1.165) is 5.69 Å². The molecule has 0 atom stereocenters. The molecule has 0 spiro atoms. The van der Waals surface area contributed by atoms with Crippen molar-refractivity contribution >= 4 is 11.7 Å². The molecule has 2 N–H and O–H groups in total. The van der Waals surface area contributed by atoms with Crippen LogP contribution in [0.2, 0.25) is 0 Å². The fourth-order valence-electron chi connectivity index (χ4n) is 1.37. The predicted octanol–water partition coefficient (Wildman–Crippen LogP) is 2.91. The number of nitrogens with one attached hydrogen (secondary N) is 2. The van der Waals surface area contributed by atoms with Gasteiger partial charge < -0.3 is 5.32 Å². The maximum atomic E-state index is 11.6. The van der Waals surface area contributed by atoms with Crippen molar-refractivity contribution < 1.29 is 4.79 Å². The van der Waals surface area contributed by atoms with Crippen molar-refractivity contribution in [1.29, 1.82) is 0 Å². The van der Waals surface area contributed by atoms with Crippen LogP contribution in [0, 0.1) is 5.41 Å². The van der Waals surface area contributed by atoms with Gasteiger partial charge >= 0.3 is 0 Å². The number of amides is 1. The molecule has 0 saturated carbocycles. The third-order valence-corrected chi connectivity index (χ3v) is 2.15. The Kier molecular flexibility index (Phi) is 3.73. The average Bonchev–Trinajstić information content (AvgIpc) is 2.48. The average molecular weight is 223 g/mol. The van der Waals surface area contributed by atoms with Crippen molar-refractivity contribution in [2.24, 2.45) is 5.41 Å². The Balaban J connectivity index is 2.57. The molecule has 0 aliphatic carbocycles. The number of H-pyrrole nitrogens is 1. The van der Waals surface area contributed by atoms with Crippen LogP contribution in [-0.2, 0) is 4.79 Å². The second-order valence-electron chi connectivity index (χ2n) is 5.65. The van der Waals surface area contributed by atoms with Gasteiger partial charge in [-0.05, 0) is 11.3 Å². The molecule has 16 heavy (non-hydrogen) atoms. The van der Waals surface area contributed by atoms with Crippen LogP contribution >= 0.6 is 0 Å². The van der Waals surface area contributed by atoms with Crippen molar-refractivity contribution in [3.8, 4) is 0 Å². The second kappa shape index (κ2) is 4.68. The molecule has 1 heterocycles. The first-order valence-corrected chi connectivity index (χ1v) is 5.63. The van der Waals surface area contributed by atoms with Crippen LogP contribution in [0.25, 0.3) is 0 Å². The summed E-state index contributed by atoms with van der Waals surface area (Å²) < 4.78 is 0. The maximum Gasteiger partial charge on any atom is 0.226 e. The summed E-state index contributed by atoms with van der Waals surface area (Å²) in [6.45, 7) is 10.3. The summed E-state index contributed by atoms with van der Waals surface area (Å²) in [7, 11) is 0. The van der Waals surface area contributed by atoms with E-state index in [0.29, 0.717) is 18.2 Å². The molecule has 0 aliphatic heterocycles. The molecule has 1 aromatic rings. The quantitative estimate of drug-likeness (QED) is 0.827. The number of anilines is 1. The number of nitrogens with zero attached hydrogens (tertiary/aromatic N) is 1. The van der Waals surface area contributed by atoms with Gasteiger partial charge in [0.25, 0.3) is 0 Å². The summed E-state index contributed by atoms with van der Waals surface area (Å²) in [5.41, 5.74) is 0.969. The van der Waals surface area contributed by atoms with Crippen LogP contribution < -0.4 is 5.32 Å². The third kappa shape index (κ3) is 4.04. The van der Waals surface area contributed by atoms with Crippen molar-refractivity contribution in [2.75, 3.05) is 5.32 Å². The maximum absolute atomic E-state index is 11.6. The fraction of sp³-hybridized carbons (Fsp3) is 0.667. The summed E-state index contributed by atoms with van der Waals surface area (Å²) >= 11 is 0. The molecule has 0 aliphatic rings. The molecular weight excluding hydrogens is 202 g/mol. The van der Waals surface area contributed by atoms with Crippen molar-refractivity contribution in [1.82, 2.24) is 10.2 Å². The molecule has 0 unspecified atom stereocenters. The van der Waals surface area contributed by atoms with Crippen LogP contribution in [-0.4, -0.2) is 16.1 Å². The zero-order valence-corrected chi connectivity index (χ0v) is 10.7. The molecule has 90 valence electrons. The number of carbonyl (C=O) groups is 1. The molecule has 0 radical (unpaired) electrons. The van der Waals surface area contributed by atoms with Gasteiger partial charge in [0.15, 0.2) is 0 Å². The SMILES string of the molecule is CC(C)c1cc(NC(=O)CC(C)(C)C)[nH]n1. The Labute approximate surface area is 96.8 Å². The Morgan fingerprint density at radius 3 is 2.56 bits per heavy atom. The molecule has 0 saturated heterocycles. The van der Waals surface area contributed by atoms with E-state index in [9.17, 15) is 4.79 Å². The van der Waals surface area contributed by atoms with Crippen LogP contribution in [0.4, 0.5) is 5.82 Å². The van der Waals surface area contributed by atoms with Crippen molar-refractivity contribution in [3.63, 3.8) is 0 Å². The van der Waals surface area contributed by atoms with E-state index in [1.54, 1.807) is 0 Å². The van der Waals surface area contributed by atoms with Gasteiger partial charge in [-0.25, -0.2) is 0 Å². The topological polar surface area (TPSA) is 57.8 Å². The predicted molar refractivity (Wildman–Crippen MR) is 65.4 cm³/mol. The zero-order chi connectivity index (χ0) is 12.3. The molecule has 4 heteroatoms. The molecular formula is C12H21N3O. The minimum Gasteiger partial charge on any atom is -0.311 e. The van der Waals surface area contributed by atoms with Gasteiger partial charge in [-0.2, -0.15) is 5.10 Å². The minimum absolute atomic E-state index is 0.00494. The van der Waals surface area contributed by atoms with E-state index in [-0.39, 0.29) is 11.3 Å². The number of hydrogen-bond acceptors (Lipinski definition) is 2. The smallest absolute Gasteiger partial charge is 0.226 e. The molecule has 1 aromatic heterocycles. The summed E-state index contributed by atoms with van der Waals surface area (Å²) in [5, 5.41) is 9.76. The third-order valence-electron chi connectivity index (χ3n) is 2.15. The highest BCUT2D eigenvalue weighted by atomic mass is 16.1. The molecule has 0 fully saturated rings. The van der Waals surface area contributed by atoms with E-state index in [4.69, 9.17) is 0 Å². The largest absolute Gasteiger partial charge is 0.311 e. The van der Waals surface area contributed by atoms with Gasteiger partial charge in [-0.1, -0.05) is 34.6 Å². The van der Waals surface area contributed by atoms with Gasteiger partial charge in [-0.3, -0.25) is 9.89 Å². The Morgan fingerprint density at radius 1 is 1.50 bits per heavy atom.